The number of rotatable bonds is 6. The second kappa shape index (κ2) is 9.27. The predicted octanol–water partition coefficient (Wildman–Crippen LogP) is 1.30. The quantitative estimate of drug-likeness (QED) is 0.734. The summed E-state index contributed by atoms with van der Waals surface area (Å²) >= 11 is 0. The van der Waals surface area contributed by atoms with Crippen molar-refractivity contribution in [3.8, 4) is 5.75 Å². The molecule has 122 valence electrons. The first-order valence-electron chi connectivity index (χ1n) is 7.18. The highest BCUT2D eigenvalue weighted by molar-refractivity contribution is 5.94. The Hall–Kier alpha value is -1.79. The van der Waals surface area contributed by atoms with Gasteiger partial charge < -0.3 is 21.1 Å². The van der Waals surface area contributed by atoms with E-state index in [1.807, 2.05) is 12.1 Å². The lowest BCUT2D eigenvalue weighted by molar-refractivity contribution is -0.120. The number of hydrogen-bond donors (Lipinski definition) is 3. The van der Waals surface area contributed by atoms with E-state index in [0.29, 0.717) is 11.4 Å². The molecule has 0 aromatic heterocycles. The molecule has 2 amide bonds. The molecule has 1 fully saturated rings. The summed E-state index contributed by atoms with van der Waals surface area (Å²) in [5.41, 5.74) is 5.71. The third-order valence-corrected chi connectivity index (χ3v) is 3.46. The minimum absolute atomic E-state index is 0. The van der Waals surface area contributed by atoms with Gasteiger partial charge in [0.1, 0.15) is 5.75 Å². The van der Waals surface area contributed by atoms with Crippen LogP contribution in [0, 0.1) is 5.92 Å². The maximum atomic E-state index is 12.2. The highest BCUT2D eigenvalue weighted by atomic mass is 35.5. The number of piperidine rings is 1. The van der Waals surface area contributed by atoms with Crippen molar-refractivity contribution in [3.05, 3.63) is 24.3 Å². The van der Waals surface area contributed by atoms with Crippen molar-refractivity contribution < 1.29 is 14.3 Å². The number of benzene rings is 1. The van der Waals surface area contributed by atoms with E-state index in [-0.39, 0.29) is 37.3 Å². The minimum Gasteiger partial charge on any atom is -0.491 e. The number of primary amides is 1. The molecule has 1 saturated heterocycles. The van der Waals surface area contributed by atoms with Crippen LogP contribution in [0.2, 0.25) is 0 Å². The van der Waals surface area contributed by atoms with Crippen LogP contribution in [-0.4, -0.2) is 31.5 Å². The number of carbonyl (C=O) groups is 2. The van der Waals surface area contributed by atoms with E-state index in [1.54, 1.807) is 12.1 Å². The number of nitrogens with two attached hydrogens (primary N) is 1. The molecule has 0 radical (unpaired) electrons. The Morgan fingerprint density at radius 1 is 1.27 bits per heavy atom. The van der Waals surface area contributed by atoms with Crippen molar-refractivity contribution in [2.45, 2.75) is 19.3 Å². The summed E-state index contributed by atoms with van der Waals surface area (Å²) in [5.74, 6) is 0.194. The molecular formula is C15H22ClN3O3. The minimum atomic E-state index is -0.411. The molecule has 1 aliphatic heterocycles. The number of anilines is 1. The van der Waals surface area contributed by atoms with Gasteiger partial charge in [-0.1, -0.05) is 12.1 Å². The summed E-state index contributed by atoms with van der Waals surface area (Å²) in [7, 11) is 0. The maximum Gasteiger partial charge on any atom is 0.227 e. The monoisotopic (exact) mass is 327 g/mol. The lowest BCUT2D eigenvalue weighted by Crippen LogP contribution is -2.34. The fourth-order valence-corrected chi connectivity index (χ4v) is 2.28. The Morgan fingerprint density at radius 2 is 1.95 bits per heavy atom. The fourth-order valence-electron chi connectivity index (χ4n) is 2.28. The van der Waals surface area contributed by atoms with Gasteiger partial charge in [0.05, 0.1) is 18.7 Å². The van der Waals surface area contributed by atoms with Crippen LogP contribution in [-0.2, 0) is 9.59 Å². The number of nitrogens with one attached hydrogen (secondary N) is 2. The van der Waals surface area contributed by atoms with Gasteiger partial charge in [0.2, 0.25) is 11.8 Å². The summed E-state index contributed by atoms with van der Waals surface area (Å²) in [6.45, 7) is 1.94. The molecule has 2 rings (SSSR count). The third-order valence-electron chi connectivity index (χ3n) is 3.46. The van der Waals surface area contributed by atoms with Crippen LogP contribution in [0.1, 0.15) is 19.3 Å². The molecule has 0 bridgehead atoms. The van der Waals surface area contributed by atoms with Gasteiger partial charge in [0.15, 0.2) is 0 Å². The van der Waals surface area contributed by atoms with E-state index in [9.17, 15) is 9.59 Å². The summed E-state index contributed by atoms with van der Waals surface area (Å²) in [6, 6.07) is 7.20. The zero-order chi connectivity index (χ0) is 15.1. The molecule has 22 heavy (non-hydrogen) atoms. The van der Waals surface area contributed by atoms with Gasteiger partial charge in [-0.05, 0) is 38.1 Å². The second-order valence-electron chi connectivity index (χ2n) is 5.07. The van der Waals surface area contributed by atoms with Crippen molar-refractivity contribution in [1.82, 2.24) is 5.32 Å². The zero-order valence-corrected chi connectivity index (χ0v) is 13.2. The number of halogens is 1. The van der Waals surface area contributed by atoms with E-state index in [2.05, 4.69) is 10.6 Å². The van der Waals surface area contributed by atoms with Crippen LogP contribution in [0.15, 0.2) is 24.3 Å². The number of para-hydroxylation sites is 2. The smallest absolute Gasteiger partial charge is 0.227 e. The lowest BCUT2D eigenvalue weighted by Gasteiger charge is -2.22. The Morgan fingerprint density at radius 3 is 2.64 bits per heavy atom. The van der Waals surface area contributed by atoms with E-state index < -0.39 is 5.91 Å². The molecule has 1 heterocycles. The number of amides is 2. The Bertz CT molecular complexity index is 505. The first-order chi connectivity index (χ1) is 10.2. The average Bonchev–Trinajstić information content (AvgIpc) is 2.49. The number of carbonyl (C=O) groups excluding carboxylic acids is 2. The predicted molar refractivity (Wildman–Crippen MR) is 87.2 cm³/mol. The summed E-state index contributed by atoms with van der Waals surface area (Å²) in [6.07, 6.45) is 1.84. The molecular weight excluding hydrogens is 306 g/mol. The molecule has 0 atom stereocenters. The SMILES string of the molecule is Cl.NC(=O)CCOc1ccccc1NC(=O)C1CCNCC1. The Labute approximate surface area is 136 Å². The van der Waals surface area contributed by atoms with Gasteiger partial charge in [0, 0.05) is 5.92 Å². The number of hydrogen-bond acceptors (Lipinski definition) is 4. The summed E-state index contributed by atoms with van der Waals surface area (Å²) < 4.78 is 5.51. The molecule has 0 unspecified atom stereocenters. The molecule has 1 aromatic rings. The molecule has 0 spiro atoms. The van der Waals surface area contributed by atoms with Gasteiger partial charge in [-0.15, -0.1) is 12.4 Å². The van der Waals surface area contributed by atoms with Gasteiger partial charge >= 0.3 is 0 Å². The first-order valence-corrected chi connectivity index (χ1v) is 7.18. The van der Waals surface area contributed by atoms with Crippen molar-refractivity contribution in [2.24, 2.45) is 11.7 Å². The molecule has 7 heteroatoms. The number of ether oxygens (including phenoxy) is 1. The second-order valence-corrected chi connectivity index (χ2v) is 5.07. The summed E-state index contributed by atoms with van der Waals surface area (Å²) in [4.78, 5) is 23.0. The molecule has 0 saturated carbocycles. The van der Waals surface area contributed by atoms with Crippen LogP contribution in [0.3, 0.4) is 0 Å². The highest BCUT2D eigenvalue weighted by Gasteiger charge is 2.21. The largest absolute Gasteiger partial charge is 0.491 e. The lowest BCUT2D eigenvalue weighted by atomic mass is 9.97. The standard InChI is InChI=1S/C15H21N3O3.ClH/c16-14(19)7-10-21-13-4-2-1-3-12(13)18-15(20)11-5-8-17-9-6-11;/h1-4,11,17H,5-10H2,(H2,16,19)(H,18,20);1H. The molecule has 6 nitrogen and oxygen atoms in total. The van der Waals surface area contributed by atoms with Crippen LogP contribution >= 0.6 is 12.4 Å². The molecule has 1 aliphatic rings. The molecule has 0 aliphatic carbocycles. The van der Waals surface area contributed by atoms with Gasteiger partial charge in [-0.25, -0.2) is 0 Å². The van der Waals surface area contributed by atoms with Gasteiger partial charge in [-0.3, -0.25) is 9.59 Å². The fraction of sp³-hybridized carbons (Fsp3) is 0.467. The van der Waals surface area contributed by atoms with Crippen LogP contribution in [0.4, 0.5) is 5.69 Å². The summed E-state index contributed by atoms with van der Waals surface area (Å²) in [5, 5.41) is 6.15. The normalized spacial score (nSPS) is 14.7. The topological polar surface area (TPSA) is 93.5 Å². The molecule has 1 aromatic carbocycles. The van der Waals surface area contributed by atoms with Crippen molar-refractivity contribution >= 4 is 29.9 Å². The van der Waals surface area contributed by atoms with Crippen molar-refractivity contribution in [1.29, 1.82) is 0 Å². The van der Waals surface area contributed by atoms with E-state index in [4.69, 9.17) is 10.5 Å². The zero-order valence-electron chi connectivity index (χ0n) is 12.3. The van der Waals surface area contributed by atoms with Crippen molar-refractivity contribution in [2.75, 3.05) is 25.0 Å². The van der Waals surface area contributed by atoms with Gasteiger partial charge in [0.25, 0.3) is 0 Å². The van der Waals surface area contributed by atoms with E-state index in [0.717, 1.165) is 25.9 Å². The Balaban J connectivity index is 0.00000242. The Kier molecular flexibility index (Phi) is 7.70. The van der Waals surface area contributed by atoms with E-state index in [1.165, 1.54) is 0 Å². The third kappa shape index (κ3) is 5.54. The van der Waals surface area contributed by atoms with Crippen LogP contribution in [0.5, 0.6) is 5.75 Å². The van der Waals surface area contributed by atoms with Crippen LogP contribution in [0.25, 0.3) is 0 Å². The van der Waals surface area contributed by atoms with Gasteiger partial charge in [-0.2, -0.15) is 0 Å². The highest BCUT2D eigenvalue weighted by Crippen LogP contribution is 2.25. The van der Waals surface area contributed by atoms with Crippen LogP contribution < -0.4 is 21.1 Å². The molecule has 4 N–H and O–H groups in total. The average molecular weight is 328 g/mol. The van der Waals surface area contributed by atoms with E-state index >= 15 is 0 Å². The maximum absolute atomic E-state index is 12.2. The first kappa shape index (κ1) is 18.3. The van der Waals surface area contributed by atoms with Crippen molar-refractivity contribution in [3.63, 3.8) is 0 Å².